The fourth-order valence-electron chi connectivity index (χ4n) is 5.66. The molecule has 0 bridgehead atoms. The Hall–Kier alpha value is -4.48. The van der Waals surface area contributed by atoms with E-state index in [1.54, 1.807) is 54.5 Å². The molecule has 2 aliphatic heterocycles. The standard InChI is InChI=1S/C33H42N4O8/c1-19(2)25(31(40)35-17-11-14-24(35)32(41)45-33(5,6)7)34-29(38)26-21(4)36(26)30(39)23-16-15-20(3)28(27(23)37(42)43)44-18-22-12-9-8-10-13-22/h8-10,12-13,15-16,19,21,24-26H,11,14,17-18H2,1-7H3,(H,34,38)/t21?,24-,25+,26?,36?/m0/s1. The van der Waals surface area contributed by atoms with Gasteiger partial charge in [-0.25, -0.2) is 4.79 Å². The zero-order chi connectivity index (χ0) is 33.2. The quantitative estimate of drug-likeness (QED) is 0.180. The molecule has 0 aliphatic carbocycles. The molecule has 0 aromatic heterocycles. The maximum absolute atomic E-state index is 13.7. The minimum absolute atomic E-state index is 0.0131. The fourth-order valence-corrected chi connectivity index (χ4v) is 5.66. The maximum Gasteiger partial charge on any atom is 0.329 e. The maximum atomic E-state index is 13.7. The van der Waals surface area contributed by atoms with Gasteiger partial charge in [-0.2, -0.15) is 0 Å². The lowest BCUT2D eigenvalue weighted by molar-refractivity contribution is -0.386. The summed E-state index contributed by atoms with van der Waals surface area (Å²) < 4.78 is 11.4. The molecule has 2 aromatic carbocycles. The Bertz CT molecular complexity index is 1470. The molecule has 12 nitrogen and oxygen atoms in total. The number of nitrogens with one attached hydrogen (secondary N) is 1. The first-order valence-corrected chi connectivity index (χ1v) is 15.2. The van der Waals surface area contributed by atoms with Crippen LogP contribution in [0.1, 0.15) is 75.9 Å². The van der Waals surface area contributed by atoms with Crippen LogP contribution in [0.25, 0.3) is 0 Å². The number of likely N-dealkylation sites (tertiary alicyclic amines) is 1. The van der Waals surface area contributed by atoms with E-state index in [9.17, 15) is 29.3 Å². The van der Waals surface area contributed by atoms with Crippen molar-refractivity contribution in [2.45, 2.75) is 97.7 Å². The Morgan fingerprint density at radius 3 is 2.36 bits per heavy atom. The molecule has 45 heavy (non-hydrogen) atoms. The van der Waals surface area contributed by atoms with Gasteiger partial charge in [0, 0.05) is 6.54 Å². The molecule has 12 heteroatoms. The van der Waals surface area contributed by atoms with Gasteiger partial charge in [-0.05, 0) is 70.6 Å². The number of hydrogen-bond acceptors (Lipinski definition) is 8. The molecule has 2 heterocycles. The van der Waals surface area contributed by atoms with E-state index in [-0.39, 0.29) is 23.8 Å². The van der Waals surface area contributed by atoms with Crippen LogP contribution >= 0.6 is 0 Å². The van der Waals surface area contributed by atoms with Crippen LogP contribution < -0.4 is 10.1 Å². The molecular weight excluding hydrogens is 580 g/mol. The highest BCUT2D eigenvalue weighted by molar-refractivity contribution is 6.05. The van der Waals surface area contributed by atoms with Gasteiger partial charge in [0.25, 0.3) is 5.91 Å². The molecule has 2 fully saturated rings. The molecule has 3 amide bonds. The fraction of sp³-hybridized carbons (Fsp3) is 0.515. The van der Waals surface area contributed by atoms with Crippen LogP contribution in [0.5, 0.6) is 5.75 Å². The minimum atomic E-state index is -0.947. The summed E-state index contributed by atoms with van der Waals surface area (Å²) >= 11 is 0. The lowest BCUT2D eigenvalue weighted by Gasteiger charge is -2.31. The summed E-state index contributed by atoms with van der Waals surface area (Å²) in [5.74, 6) is -2.45. The predicted octanol–water partition coefficient (Wildman–Crippen LogP) is 4.17. The number of amides is 3. The number of carbonyl (C=O) groups excluding carboxylic acids is 4. The lowest BCUT2D eigenvalue weighted by atomic mass is 10.0. The van der Waals surface area contributed by atoms with Crippen molar-refractivity contribution in [1.82, 2.24) is 15.1 Å². The van der Waals surface area contributed by atoms with E-state index in [1.165, 1.54) is 15.9 Å². The number of nitrogens with zero attached hydrogens (tertiary/aromatic N) is 3. The summed E-state index contributed by atoms with van der Waals surface area (Å²) in [4.78, 5) is 67.9. The number of esters is 1. The second kappa shape index (κ2) is 13.3. The summed E-state index contributed by atoms with van der Waals surface area (Å²) in [6.07, 6.45) is 1.09. The summed E-state index contributed by atoms with van der Waals surface area (Å²) in [5.41, 5.74) is -0.0670. The van der Waals surface area contributed by atoms with Gasteiger partial charge in [0.1, 0.15) is 35.9 Å². The van der Waals surface area contributed by atoms with Crippen LogP contribution in [0.15, 0.2) is 42.5 Å². The third-order valence-electron chi connectivity index (χ3n) is 8.02. The molecule has 242 valence electrons. The van der Waals surface area contributed by atoms with Gasteiger partial charge in [0.05, 0.1) is 11.0 Å². The van der Waals surface area contributed by atoms with Crippen LogP contribution in [0.3, 0.4) is 0 Å². The number of ether oxygens (including phenoxy) is 2. The van der Waals surface area contributed by atoms with Gasteiger partial charge >= 0.3 is 11.7 Å². The molecule has 2 saturated heterocycles. The molecule has 0 spiro atoms. The van der Waals surface area contributed by atoms with E-state index >= 15 is 0 Å². The van der Waals surface area contributed by atoms with Crippen molar-refractivity contribution in [3.8, 4) is 5.75 Å². The molecule has 0 radical (unpaired) electrons. The lowest BCUT2D eigenvalue weighted by Crippen LogP contribution is -2.55. The predicted molar refractivity (Wildman–Crippen MR) is 165 cm³/mol. The van der Waals surface area contributed by atoms with Gasteiger partial charge in [0.15, 0.2) is 0 Å². The van der Waals surface area contributed by atoms with E-state index < -0.39 is 64.1 Å². The number of nitro groups is 1. The van der Waals surface area contributed by atoms with Crippen molar-refractivity contribution in [3.05, 3.63) is 69.3 Å². The van der Waals surface area contributed by atoms with Gasteiger partial charge in [-0.15, -0.1) is 0 Å². The van der Waals surface area contributed by atoms with Crippen molar-refractivity contribution in [2.24, 2.45) is 5.92 Å². The van der Waals surface area contributed by atoms with Crippen LogP contribution in [-0.4, -0.2) is 74.7 Å². The van der Waals surface area contributed by atoms with Crippen LogP contribution in [-0.2, 0) is 25.7 Å². The monoisotopic (exact) mass is 622 g/mol. The first-order valence-electron chi connectivity index (χ1n) is 15.2. The average Bonchev–Trinajstić information content (AvgIpc) is 3.39. The Labute approximate surface area is 263 Å². The van der Waals surface area contributed by atoms with Gasteiger partial charge < -0.3 is 24.6 Å². The molecule has 1 N–H and O–H groups in total. The number of rotatable bonds is 10. The van der Waals surface area contributed by atoms with Crippen molar-refractivity contribution < 1.29 is 33.6 Å². The van der Waals surface area contributed by atoms with Crippen molar-refractivity contribution >= 4 is 29.4 Å². The Morgan fingerprint density at radius 2 is 1.76 bits per heavy atom. The van der Waals surface area contributed by atoms with Gasteiger partial charge in [-0.1, -0.05) is 50.2 Å². The average molecular weight is 623 g/mol. The summed E-state index contributed by atoms with van der Waals surface area (Å²) in [5, 5.41) is 15.0. The van der Waals surface area contributed by atoms with Crippen LogP contribution in [0.4, 0.5) is 5.69 Å². The molecule has 4 rings (SSSR count). The summed E-state index contributed by atoms with van der Waals surface area (Å²) in [6.45, 7) is 12.6. The minimum Gasteiger partial charge on any atom is -0.482 e. The third kappa shape index (κ3) is 7.43. The Balaban J connectivity index is 1.50. The zero-order valence-corrected chi connectivity index (χ0v) is 26.9. The van der Waals surface area contributed by atoms with Crippen molar-refractivity contribution in [3.63, 3.8) is 0 Å². The zero-order valence-electron chi connectivity index (χ0n) is 26.9. The van der Waals surface area contributed by atoms with E-state index in [1.807, 2.05) is 30.3 Å². The molecule has 4 atom stereocenters. The molecule has 2 aromatic rings. The number of nitro benzene ring substituents is 1. The highest BCUT2D eigenvalue weighted by Gasteiger charge is 2.55. The van der Waals surface area contributed by atoms with E-state index in [0.717, 1.165) is 5.56 Å². The number of aryl methyl sites for hydroxylation is 1. The van der Waals surface area contributed by atoms with Gasteiger partial charge in [-0.3, -0.25) is 24.5 Å². The normalized spacial score (nSPS) is 20.0. The Morgan fingerprint density at radius 1 is 1.09 bits per heavy atom. The molecule has 2 unspecified atom stereocenters. The van der Waals surface area contributed by atoms with Crippen molar-refractivity contribution in [1.29, 1.82) is 0 Å². The van der Waals surface area contributed by atoms with Crippen LogP contribution in [0.2, 0.25) is 0 Å². The second-order valence-corrected chi connectivity index (χ2v) is 13.0. The molecule has 0 saturated carbocycles. The Kier molecular flexibility index (Phi) is 9.84. The van der Waals surface area contributed by atoms with Crippen molar-refractivity contribution in [2.75, 3.05) is 6.54 Å². The molecular formula is C33H42N4O8. The van der Waals surface area contributed by atoms with Gasteiger partial charge in [0.2, 0.25) is 17.6 Å². The van der Waals surface area contributed by atoms with E-state index in [0.29, 0.717) is 24.9 Å². The topological polar surface area (TPSA) is 148 Å². The second-order valence-electron chi connectivity index (χ2n) is 13.0. The highest BCUT2D eigenvalue weighted by atomic mass is 16.6. The van der Waals surface area contributed by atoms with E-state index in [4.69, 9.17) is 9.47 Å². The summed E-state index contributed by atoms with van der Waals surface area (Å²) in [6, 6.07) is 8.93. The SMILES string of the molecule is Cc1ccc(C(=O)N2C(C)C2C(=O)N[C@@H](C(=O)N2CCC[C@H]2C(=O)OC(C)(C)C)C(C)C)c([N+](=O)[O-])c1OCc1ccccc1. The summed E-state index contributed by atoms with van der Waals surface area (Å²) in [7, 11) is 0. The van der Waals surface area contributed by atoms with Crippen LogP contribution in [0, 0.1) is 23.0 Å². The first-order chi connectivity index (χ1) is 21.1. The molecule has 2 aliphatic rings. The third-order valence-corrected chi connectivity index (χ3v) is 8.02. The first kappa shape index (κ1) is 33.4. The van der Waals surface area contributed by atoms with E-state index in [2.05, 4.69) is 5.32 Å². The smallest absolute Gasteiger partial charge is 0.329 e. The number of carbonyl (C=O) groups is 4. The number of hydrogen-bond donors (Lipinski definition) is 1. The number of benzene rings is 2. The largest absolute Gasteiger partial charge is 0.482 e. The highest BCUT2D eigenvalue weighted by Crippen LogP contribution is 2.39.